The van der Waals surface area contributed by atoms with Crippen molar-refractivity contribution in [3.63, 3.8) is 0 Å². The Bertz CT molecular complexity index is 599. The minimum Gasteiger partial charge on any atom is -0.353 e. The first-order valence-electron chi connectivity index (χ1n) is 7.09. The van der Waals surface area contributed by atoms with Crippen LogP contribution in [0.5, 0.6) is 0 Å². The maximum atomic E-state index is 12.5. The van der Waals surface area contributed by atoms with Crippen LogP contribution in [0.4, 0.5) is 18.9 Å². The van der Waals surface area contributed by atoms with Gasteiger partial charge in [-0.3, -0.25) is 10.2 Å². The second-order valence-electron chi connectivity index (χ2n) is 5.28. The Kier molecular flexibility index (Phi) is 4.68. The average molecular weight is 310 g/mol. The lowest BCUT2D eigenvalue weighted by molar-refractivity contribution is -0.116. The summed E-state index contributed by atoms with van der Waals surface area (Å²) < 4.78 is 37.6. The second kappa shape index (κ2) is 6.34. The fourth-order valence-corrected chi connectivity index (χ4v) is 1.94. The predicted octanol–water partition coefficient (Wildman–Crippen LogP) is 4.11. The van der Waals surface area contributed by atoms with E-state index in [0.717, 1.165) is 12.0 Å². The zero-order chi connectivity index (χ0) is 16.3. The molecule has 2 rings (SSSR count). The molecule has 0 heterocycles. The molecule has 0 atom stereocenters. The molecule has 0 amide bonds. The normalized spacial score (nSPS) is 15.5. The number of ketones is 1. The Labute approximate surface area is 126 Å². The Morgan fingerprint density at radius 2 is 1.91 bits per heavy atom. The van der Waals surface area contributed by atoms with Crippen molar-refractivity contribution in [2.45, 2.75) is 32.4 Å². The highest BCUT2D eigenvalue weighted by molar-refractivity contribution is 6.08. The first-order chi connectivity index (χ1) is 10.3. The van der Waals surface area contributed by atoms with Gasteiger partial charge >= 0.3 is 6.18 Å². The Balaban J connectivity index is 2.22. The van der Waals surface area contributed by atoms with Crippen molar-refractivity contribution in [1.82, 2.24) is 0 Å². The highest BCUT2D eigenvalue weighted by Gasteiger charge is 2.36. The van der Waals surface area contributed by atoms with E-state index in [4.69, 9.17) is 5.41 Å². The van der Waals surface area contributed by atoms with Gasteiger partial charge in [0.05, 0.1) is 5.70 Å². The first-order valence-corrected chi connectivity index (χ1v) is 7.09. The third-order valence-corrected chi connectivity index (χ3v) is 3.45. The minimum atomic E-state index is -4.76. The van der Waals surface area contributed by atoms with Crippen molar-refractivity contribution in [2.75, 3.05) is 5.32 Å². The topological polar surface area (TPSA) is 53.0 Å². The van der Waals surface area contributed by atoms with Gasteiger partial charge < -0.3 is 5.32 Å². The van der Waals surface area contributed by atoms with Crippen molar-refractivity contribution in [1.29, 1.82) is 5.41 Å². The maximum absolute atomic E-state index is 12.5. The number of nitrogens with one attached hydrogen (secondary N) is 2. The van der Waals surface area contributed by atoms with Crippen LogP contribution in [0.15, 0.2) is 36.0 Å². The molecule has 0 unspecified atom stereocenters. The largest absolute Gasteiger partial charge is 0.432 e. The molecule has 0 bridgehead atoms. The number of carbonyl (C=O) groups is 1. The number of benzene rings is 1. The van der Waals surface area contributed by atoms with E-state index in [1.165, 1.54) is 0 Å². The molecule has 6 heteroatoms. The molecule has 1 aliphatic rings. The smallest absolute Gasteiger partial charge is 0.353 e. The predicted molar refractivity (Wildman–Crippen MR) is 79.0 cm³/mol. The molecule has 0 saturated heterocycles. The summed E-state index contributed by atoms with van der Waals surface area (Å²) in [6.07, 6.45) is -1.96. The summed E-state index contributed by atoms with van der Waals surface area (Å²) in [5, 5.41) is 9.79. The van der Waals surface area contributed by atoms with Gasteiger partial charge in [-0.15, -0.1) is 0 Å². The van der Waals surface area contributed by atoms with Crippen molar-refractivity contribution < 1.29 is 18.0 Å². The number of hydrogen-bond donors (Lipinski definition) is 2. The first kappa shape index (κ1) is 16.3. The number of hydrogen-bond acceptors (Lipinski definition) is 3. The van der Waals surface area contributed by atoms with Gasteiger partial charge in [0.15, 0.2) is 5.78 Å². The molecular weight excluding hydrogens is 293 g/mol. The standard InChI is InChI=1S/C16H17F3N2O/c1-2-10-3-7-12(8-4-10)21-13(15(22)11-5-6-11)9-14(20)16(17,18)19/h3-4,7-9,11,20-21H,2,5-6H2,1H3/b13-9-,20-14?. The van der Waals surface area contributed by atoms with Crippen molar-refractivity contribution in [3.8, 4) is 0 Å². The summed E-state index contributed by atoms with van der Waals surface area (Å²) in [7, 11) is 0. The Hall–Kier alpha value is -2.11. The van der Waals surface area contributed by atoms with Gasteiger partial charge in [0.2, 0.25) is 0 Å². The van der Waals surface area contributed by atoms with Crippen LogP contribution in [-0.4, -0.2) is 17.7 Å². The van der Waals surface area contributed by atoms with E-state index in [9.17, 15) is 18.0 Å². The Morgan fingerprint density at radius 1 is 1.32 bits per heavy atom. The highest BCUT2D eigenvalue weighted by atomic mass is 19.4. The zero-order valence-corrected chi connectivity index (χ0v) is 12.1. The van der Waals surface area contributed by atoms with Gasteiger partial charge in [-0.25, -0.2) is 0 Å². The van der Waals surface area contributed by atoms with E-state index in [1.54, 1.807) is 12.1 Å². The van der Waals surface area contributed by atoms with E-state index in [2.05, 4.69) is 5.32 Å². The number of carbonyl (C=O) groups excluding carboxylic acids is 1. The molecule has 1 saturated carbocycles. The lowest BCUT2D eigenvalue weighted by atomic mass is 10.1. The Morgan fingerprint density at radius 3 is 2.36 bits per heavy atom. The van der Waals surface area contributed by atoms with Crippen LogP contribution in [0, 0.1) is 11.3 Å². The van der Waals surface area contributed by atoms with E-state index >= 15 is 0 Å². The van der Waals surface area contributed by atoms with Gasteiger partial charge in [0.1, 0.15) is 5.71 Å². The summed E-state index contributed by atoms with van der Waals surface area (Å²) in [5.41, 5.74) is -0.0803. The zero-order valence-electron chi connectivity index (χ0n) is 12.1. The molecule has 2 N–H and O–H groups in total. The van der Waals surface area contributed by atoms with Gasteiger partial charge in [0.25, 0.3) is 0 Å². The van der Waals surface area contributed by atoms with Gasteiger partial charge in [0, 0.05) is 11.6 Å². The number of aryl methyl sites for hydroxylation is 1. The van der Waals surface area contributed by atoms with E-state index in [0.29, 0.717) is 24.6 Å². The third-order valence-electron chi connectivity index (χ3n) is 3.45. The van der Waals surface area contributed by atoms with Crippen LogP contribution in [-0.2, 0) is 11.2 Å². The molecule has 1 aliphatic carbocycles. The molecule has 1 fully saturated rings. The van der Waals surface area contributed by atoms with E-state index < -0.39 is 11.9 Å². The van der Waals surface area contributed by atoms with Crippen LogP contribution in [0.3, 0.4) is 0 Å². The number of rotatable bonds is 6. The van der Waals surface area contributed by atoms with Gasteiger partial charge in [-0.2, -0.15) is 13.2 Å². The molecule has 0 aliphatic heterocycles. The fourth-order valence-electron chi connectivity index (χ4n) is 1.94. The maximum Gasteiger partial charge on any atom is 0.432 e. The minimum absolute atomic E-state index is 0.172. The van der Waals surface area contributed by atoms with Crippen molar-refractivity contribution in [2.24, 2.45) is 5.92 Å². The van der Waals surface area contributed by atoms with Crippen molar-refractivity contribution in [3.05, 3.63) is 41.6 Å². The summed E-state index contributed by atoms with van der Waals surface area (Å²) in [6, 6.07) is 7.11. The van der Waals surface area contributed by atoms with E-state index in [-0.39, 0.29) is 17.4 Å². The lowest BCUT2D eigenvalue weighted by Gasteiger charge is -2.12. The summed E-state index contributed by atoms with van der Waals surface area (Å²) >= 11 is 0. The summed E-state index contributed by atoms with van der Waals surface area (Å²) in [5.74, 6) is -0.594. The number of Topliss-reactive ketones (excluding diaryl/α,β-unsaturated/α-hetero) is 1. The lowest BCUT2D eigenvalue weighted by Crippen LogP contribution is -2.23. The number of halogens is 3. The van der Waals surface area contributed by atoms with Gasteiger partial charge in [-0.1, -0.05) is 19.1 Å². The fraction of sp³-hybridized carbons (Fsp3) is 0.375. The molecule has 118 valence electrons. The molecule has 1 aromatic rings. The van der Waals surface area contributed by atoms with Crippen LogP contribution in [0.25, 0.3) is 0 Å². The molecule has 3 nitrogen and oxygen atoms in total. The molecular formula is C16H17F3N2O. The average Bonchev–Trinajstić information content (AvgIpc) is 3.30. The van der Waals surface area contributed by atoms with Crippen LogP contribution >= 0.6 is 0 Å². The molecule has 1 aromatic carbocycles. The SMILES string of the molecule is CCc1ccc(N/C(=C\C(=N)C(F)(F)F)C(=O)C2CC2)cc1. The van der Waals surface area contributed by atoms with Gasteiger partial charge in [-0.05, 0) is 43.0 Å². The molecule has 0 aromatic heterocycles. The van der Waals surface area contributed by atoms with Crippen LogP contribution in [0.1, 0.15) is 25.3 Å². The van der Waals surface area contributed by atoms with Crippen molar-refractivity contribution >= 4 is 17.2 Å². The molecule has 0 radical (unpaired) electrons. The monoisotopic (exact) mass is 310 g/mol. The molecule has 0 spiro atoms. The quantitative estimate of drug-likeness (QED) is 0.614. The number of allylic oxidation sites excluding steroid dienone is 2. The van der Waals surface area contributed by atoms with Crippen LogP contribution < -0.4 is 5.32 Å². The second-order valence-corrected chi connectivity index (χ2v) is 5.28. The number of alkyl halides is 3. The highest BCUT2D eigenvalue weighted by Crippen LogP contribution is 2.33. The number of anilines is 1. The third kappa shape index (κ3) is 4.19. The molecule has 22 heavy (non-hydrogen) atoms. The van der Waals surface area contributed by atoms with Crippen LogP contribution in [0.2, 0.25) is 0 Å². The van der Waals surface area contributed by atoms with E-state index in [1.807, 2.05) is 19.1 Å². The summed E-state index contributed by atoms with van der Waals surface area (Å²) in [4.78, 5) is 12.1. The summed E-state index contributed by atoms with van der Waals surface area (Å²) in [6.45, 7) is 2.00.